The predicted molar refractivity (Wildman–Crippen MR) is 153 cm³/mol. The topological polar surface area (TPSA) is 87.6 Å². The Morgan fingerprint density at radius 2 is 1.80 bits per heavy atom. The first kappa shape index (κ1) is 27.3. The van der Waals surface area contributed by atoms with Gasteiger partial charge in [0, 0.05) is 79.4 Å². The summed E-state index contributed by atoms with van der Waals surface area (Å²) in [7, 11) is 0. The maximum Gasteiger partial charge on any atom is 0.254 e. The van der Waals surface area contributed by atoms with Crippen LogP contribution in [0.5, 0.6) is 0 Å². The summed E-state index contributed by atoms with van der Waals surface area (Å²) in [5.74, 6) is -0.928. The van der Waals surface area contributed by atoms with Crippen LogP contribution in [0.3, 0.4) is 0 Å². The molecule has 0 radical (unpaired) electrons. The smallest absolute Gasteiger partial charge is 0.254 e. The summed E-state index contributed by atoms with van der Waals surface area (Å²) < 4.78 is 37.2. The summed E-state index contributed by atoms with van der Waals surface area (Å²) in [5, 5.41) is 7.34. The van der Waals surface area contributed by atoms with E-state index in [4.69, 9.17) is 4.74 Å². The number of hydrogen-bond donors (Lipinski definition) is 2. The van der Waals surface area contributed by atoms with Crippen molar-refractivity contribution in [2.45, 2.75) is 32.5 Å². The maximum atomic E-state index is 15.1. The third-order valence-electron chi connectivity index (χ3n) is 7.53. The van der Waals surface area contributed by atoms with Gasteiger partial charge in [0.05, 0.1) is 18.9 Å². The number of nitrogens with one attached hydrogen (secondary N) is 2. The highest BCUT2D eigenvalue weighted by Gasteiger charge is 2.26. The van der Waals surface area contributed by atoms with Gasteiger partial charge in [-0.2, -0.15) is 4.98 Å². The molecule has 2 N–H and O–H groups in total. The monoisotopic (exact) mass is 561 g/mol. The zero-order valence-electron chi connectivity index (χ0n) is 23.1. The van der Waals surface area contributed by atoms with Gasteiger partial charge in [-0.15, -0.1) is 0 Å². The van der Waals surface area contributed by atoms with Crippen LogP contribution in [0, 0.1) is 11.6 Å². The van der Waals surface area contributed by atoms with Gasteiger partial charge < -0.3 is 24.8 Å². The predicted octanol–water partition coefficient (Wildman–Crippen LogP) is 4.10. The molecule has 9 nitrogen and oxygen atoms in total. The van der Waals surface area contributed by atoms with Gasteiger partial charge in [-0.25, -0.2) is 13.8 Å². The fourth-order valence-electron chi connectivity index (χ4n) is 5.58. The molecule has 4 aromatic rings. The van der Waals surface area contributed by atoms with Crippen molar-refractivity contribution in [2.75, 3.05) is 44.7 Å². The molecule has 6 rings (SSSR count). The van der Waals surface area contributed by atoms with E-state index in [1.165, 1.54) is 12.1 Å². The summed E-state index contributed by atoms with van der Waals surface area (Å²) >= 11 is 0. The number of nitrogens with zero attached hydrogens (tertiary/aromatic N) is 5. The Bertz CT molecular complexity index is 1540. The van der Waals surface area contributed by atoms with Gasteiger partial charge in [0.15, 0.2) is 0 Å². The molecule has 0 spiro atoms. The van der Waals surface area contributed by atoms with Crippen LogP contribution in [-0.2, 0) is 11.3 Å². The number of fused-ring (bicyclic) bond motifs is 1. The van der Waals surface area contributed by atoms with Crippen molar-refractivity contribution in [1.29, 1.82) is 0 Å². The number of morpholine rings is 1. The lowest BCUT2D eigenvalue weighted by molar-refractivity contribution is 0.0332. The van der Waals surface area contributed by atoms with Gasteiger partial charge >= 0.3 is 0 Å². The fraction of sp³-hybridized carbons (Fsp3) is 0.367. The van der Waals surface area contributed by atoms with Crippen LogP contribution < -0.4 is 10.6 Å². The molecular formula is C30H33F2N7O2. The number of halogens is 2. The van der Waals surface area contributed by atoms with E-state index in [9.17, 15) is 4.79 Å². The summed E-state index contributed by atoms with van der Waals surface area (Å²) in [4.78, 5) is 26.1. The number of anilines is 2. The van der Waals surface area contributed by atoms with Crippen molar-refractivity contribution in [3.63, 3.8) is 0 Å². The third kappa shape index (κ3) is 5.92. The summed E-state index contributed by atoms with van der Waals surface area (Å²) in [6.45, 7) is 8.02. The van der Waals surface area contributed by atoms with Gasteiger partial charge in [0.1, 0.15) is 17.3 Å². The van der Waals surface area contributed by atoms with E-state index in [-0.39, 0.29) is 30.1 Å². The second kappa shape index (κ2) is 11.5. The second-order valence-corrected chi connectivity index (χ2v) is 10.8. The summed E-state index contributed by atoms with van der Waals surface area (Å²) in [6.07, 6.45) is 3.37. The number of amides is 1. The minimum Gasteiger partial charge on any atom is -0.379 e. The Balaban J connectivity index is 1.23. The van der Waals surface area contributed by atoms with Gasteiger partial charge in [-0.05, 0) is 50.2 Å². The Morgan fingerprint density at radius 1 is 1.07 bits per heavy atom. The maximum absolute atomic E-state index is 15.1. The van der Waals surface area contributed by atoms with Gasteiger partial charge in [0.25, 0.3) is 5.91 Å². The lowest BCUT2D eigenvalue weighted by Gasteiger charge is -2.36. The van der Waals surface area contributed by atoms with E-state index >= 15 is 8.78 Å². The lowest BCUT2D eigenvalue weighted by atomic mass is 10.1. The molecule has 2 aromatic heterocycles. The van der Waals surface area contributed by atoms with Crippen molar-refractivity contribution in [3.05, 3.63) is 77.6 Å². The van der Waals surface area contributed by atoms with Crippen LogP contribution in [0.15, 0.2) is 54.9 Å². The van der Waals surface area contributed by atoms with E-state index < -0.39 is 11.6 Å². The Hall–Kier alpha value is -3.93. The minimum atomic E-state index is -0.601. The molecular weight excluding hydrogens is 528 g/mol. The van der Waals surface area contributed by atoms with E-state index in [2.05, 4.69) is 34.4 Å². The normalized spacial score (nSPS) is 20.0. The Morgan fingerprint density at radius 3 is 2.54 bits per heavy atom. The molecule has 214 valence electrons. The quantitative estimate of drug-likeness (QED) is 0.367. The number of piperazine rings is 1. The van der Waals surface area contributed by atoms with Crippen molar-refractivity contribution < 1.29 is 18.3 Å². The first-order valence-corrected chi connectivity index (χ1v) is 13.9. The average Bonchev–Trinajstić information content (AvgIpc) is 3.38. The molecule has 11 heteroatoms. The molecule has 4 heterocycles. The first-order valence-electron chi connectivity index (χ1n) is 13.9. The molecule has 2 atom stereocenters. The summed E-state index contributed by atoms with van der Waals surface area (Å²) in [5.41, 5.74) is 2.11. The minimum absolute atomic E-state index is 0.0276. The van der Waals surface area contributed by atoms with E-state index in [0.29, 0.717) is 67.9 Å². The molecule has 1 amide bonds. The first-order chi connectivity index (χ1) is 19.8. The number of carbonyl (C=O) groups is 1. The fourth-order valence-corrected chi connectivity index (χ4v) is 5.58. The van der Waals surface area contributed by atoms with Crippen molar-refractivity contribution in [3.8, 4) is 5.69 Å². The lowest BCUT2D eigenvalue weighted by Crippen LogP contribution is -2.55. The zero-order valence-corrected chi connectivity index (χ0v) is 23.1. The number of carbonyl (C=O) groups excluding carboxylic acids is 1. The number of hydrogen-bond acceptors (Lipinski definition) is 7. The molecule has 2 aliphatic rings. The zero-order chi connectivity index (χ0) is 28.5. The van der Waals surface area contributed by atoms with Crippen LogP contribution in [-0.4, -0.2) is 81.7 Å². The van der Waals surface area contributed by atoms with Gasteiger partial charge in [-0.3, -0.25) is 9.69 Å². The van der Waals surface area contributed by atoms with Crippen molar-refractivity contribution in [1.82, 2.24) is 29.7 Å². The second-order valence-electron chi connectivity index (χ2n) is 10.8. The number of rotatable bonds is 6. The van der Waals surface area contributed by atoms with Crippen molar-refractivity contribution in [2.24, 2.45) is 0 Å². The van der Waals surface area contributed by atoms with Crippen molar-refractivity contribution >= 4 is 28.6 Å². The Kier molecular flexibility index (Phi) is 7.65. The molecule has 0 aliphatic carbocycles. The molecule has 2 aromatic carbocycles. The highest BCUT2D eigenvalue weighted by Crippen LogP contribution is 2.25. The molecule has 0 saturated carbocycles. The van der Waals surface area contributed by atoms with E-state index in [1.54, 1.807) is 35.2 Å². The molecule has 2 fully saturated rings. The highest BCUT2D eigenvalue weighted by molar-refractivity contribution is 5.95. The van der Waals surface area contributed by atoms with Crippen LogP contribution >= 0.6 is 0 Å². The summed E-state index contributed by atoms with van der Waals surface area (Å²) in [6, 6.07) is 12.1. The number of ether oxygens (including phenoxy) is 1. The van der Waals surface area contributed by atoms with Crippen LogP contribution in [0.25, 0.3) is 16.7 Å². The van der Waals surface area contributed by atoms with Gasteiger partial charge in [-0.1, -0.05) is 6.07 Å². The molecule has 41 heavy (non-hydrogen) atoms. The Labute approximate surface area is 237 Å². The largest absolute Gasteiger partial charge is 0.379 e. The SMILES string of the molecule is CC1CN(C(=O)c2cccc(Nc3ncc4ccn(-c5cc(F)c(CN6CCOCC6)c(F)c5)c4n3)c2)CC(C)N1. The molecule has 2 unspecified atom stereocenters. The van der Waals surface area contributed by atoms with Gasteiger partial charge in [0.2, 0.25) is 5.95 Å². The average molecular weight is 562 g/mol. The number of benzene rings is 2. The van der Waals surface area contributed by atoms with E-state index in [1.807, 2.05) is 21.9 Å². The van der Waals surface area contributed by atoms with Crippen LogP contribution in [0.4, 0.5) is 20.4 Å². The molecule has 2 aliphatic heterocycles. The number of aromatic nitrogens is 3. The van der Waals surface area contributed by atoms with Crippen LogP contribution in [0.2, 0.25) is 0 Å². The highest BCUT2D eigenvalue weighted by atomic mass is 19.1. The van der Waals surface area contributed by atoms with E-state index in [0.717, 1.165) is 5.39 Å². The molecule has 2 saturated heterocycles. The standard InChI is InChI=1S/C30H33F2N7O2/c1-19-16-38(17-20(2)34-19)29(40)21-4-3-5-23(12-21)35-30-33-15-22-6-7-39(28(22)36-30)24-13-26(31)25(27(32)14-24)18-37-8-10-41-11-9-37/h3-7,12-15,19-20,34H,8-11,16-18H2,1-2H3,(H,33,35,36). The van der Waals surface area contributed by atoms with Crippen LogP contribution in [0.1, 0.15) is 29.8 Å². The molecule has 0 bridgehead atoms. The third-order valence-corrected chi connectivity index (χ3v) is 7.53.